The Kier molecular flexibility index (Phi) is 6.74. The first kappa shape index (κ1) is 27.9. The van der Waals surface area contributed by atoms with Crippen molar-refractivity contribution in [3.63, 3.8) is 0 Å². The molecule has 7 rings (SSSR count). The summed E-state index contributed by atoms with van der Waals surface area (Å²) >= 11 is 0. The molecule has 1 saturated carbocycles. The molecule has 0 spiro atoms. The van der Waals surface area contributed by atoms with Crippen molar-refractivity contribution in [2.24, 2.45) is 17.3 Å². The molecule has 43 heavy (non-hydrogen) atoms. The maximum Gasteiger partial charge on any atom is 0.166 e. The maximum absolute atomic E-state index is 14.1. The van der Waals surface area contributed by atoms with Gasteiger partial charge in [-0.1, -0.05) is 92.8 Å². The van der Waals surface area contributed by atoms with Crippen LogP contribution < -0.4 is 0 Å². The second kappa shape index (κ2) is 10.4. The van der Waals surface area contributed by atoms with E-state index in [0.717, 1.165) is 36.1 Å². The van der Waals surface area contributed by atoms with E-state index in [1.807, 2.05) is 48.5 Å². The van der Waals surface area contributed by atoms with Crippen LogP contribution in [0.25, 0.3) is 0 Å². The number of fused-ring (bicyclic) bond motifs is 4. The molecule has 5 unspecified atom stereocenters. The van der Waals surface area contributed by atoms with E-state index >= 15 is 0 Å². The van der Waals surface area contributed by atoms with Crippen LogP contribution in [0.1, 0.15) is 89.1 Å². The van der Waals surface area contributed by atoms with Crippen LogP contribution in [0, 0.1) is 17.3 Å². The lowest BCUT2D eigenvalue weighted by molar-refractivity contribution is -0.118. The predicted molar refractivity (Wildman–Crippen MR) is 169 cm³/mol. The van der Waals surface area contributed by atoms with Gasteiger partial charge in [-0.05, 0) is 77.8 Å². The predicted octanol–water partition coefficient (Wildman–Crippen LogP) is 7.66. The Labute approximate surface area is 254 Å². The first-order chi connectivity index (χ1) is 20.7. The minimum atomic E-state index is -1.04. The largest absolute Gasteiger partial charge is 0.385 e. The van der Waals surface area contributed by atoms with Crippen LogP contribution >= 0.6 is 0 Å². The summed E-state index contributed by atoms with van der Waals surface area (Å²) in [6.07, 6.45) is 17.3. The van der Waals surface area contributed by atoms with Crippen molar-refractivity contribution in [2.45, 2.75) is 69.8 Å². The van der Waals surface area contributed by atoms with Gasteiger partial charge in [0.2, 0.25) is 0 Å². The van der Waals surface area contributed by atoms with Gasteiger partial charge in [0.25, 0.3) is 0 Å². The fourth-order valence-corrected chi connectivity index (χ4v) is 8.63. The van der Waals surface area contributed by atoms with Crippen LogP contribution in [0.15, 0.2) is 103 Å². The topological polar surface area (TPSA) is 67.3 Å². The molecule has 0 amide bonds. The summed E-state index contributed by atoms with van der Waals surface area (Å²) in [5.74, 6) is -0.0281. The molecule has 0 bridgehead atoms. The fourth-order valence-electron chi connectivity index (χ4n) is 8.63. The van der Waals surface area contributed by atoms with Crippen molar-refractivity contribution in [1.82, 2.24) is 4.98 Å². The van der Waals surface area contributed by atoms with Crippen molar-refractivity contribution < 1.29 is 14.7 Å². The van der Waals surface area contributed by atoms with Gasteiger partial charge in [-0.2, -0.15) is 0 Å². The van der Waals surface area contributed by atoms with E-state index < -0.39 is 16.4 Å². The summed E-state index contributed by atoms with van der Waals surface area (Å²) in [4.78, 5) is 32.5. The first-order valence-corrected chi connectivity index (χ1v) is 15.7. The van der Waals surface area contributed by atoms with Gasteiger partial charge in [0.1, 0.15) is 0 Å². The van der Waals surface area contributed by atoms with Gasteiger partial charge < -0.3 is 5.11 Å². The number of aromatic nitrogens is 1. The third-order valence-corrected chi connectivity index (χ3v) is 11.0. The third-order valence-electron chi connectivity index (χ3n) is 11.0. The van der Waals surface area contributed by atoms with Crippen molar-refractivity contribution in [2.75, 3.05) is 0 Å². The lowest BCUT2D eigenvalue weighted by atomic mass is 9.43. The molecular weight excluding hydrogens is 530 g/mol. The van der Waals surface area contributed by atoms with Gasteiger partial charge in [0, 0.05) is 47.2 Å². The molecule has 4 aliphatic carbocycles. The molecule has 1 N–H and O–H groups in total. The highest BCUT2D eigenvalue weighted by Gasteiger charge is 2.62. The second-order valence-corrected chi connectivity index (χ2v) is 13.6. The van der Waals surface area contributed by atoms with E-state index in [1.165, 1.54) is 11.1 Å². The van der Waals surface area contributed by atoms with Gasteiger partial charge in [-0.15, -0.1) is 0 Å². The number of aryl methyl sites for hydroxylation is 1. The highest BCUT2D eigenvalue weighted by atomic mass is 16.3. The molecule has 1 heterocycles. The van der Waals surface area contributed by atoms with E-state index in [9.17, 15) is 14.7 Å². The average molecular weight is 570 g/mol. The van der Waals surface area contributed by atoms with Crippen LogP contribution in [-0.4, -0.2) is 21.7 Å². The van der Waals surface area contributed by atoms with Crippen molar-refractivity contribution >= 4 is 11.6 Å². The van der Waals surface area contributed by atoms with E-state index in [0.29, 0.717) is 36.8 Å². The number of hydrogen-bond acceptors (Lipinski definition) is 4. The van der Waals surface area contributed by atoms with E-state index in [2.05, 4.69) is 61.3 Å². The number of allylic oxidation sites excluding steroid dienone is 6. The number of benzene rings is 2. The Bertz CT molecular complexity index is 1700. The summed E-state index contributed by atoms with van der Waals surface area (Å²) < 4.78 is 0. The number of carbonyl (C=O) groups is 2. The summed E-state index contributed by atoms with van der Waals surface area (Å²) in [6.45, 7) is 4.34. The Morgan fingerprint density at radius 1 is 1.07 bits per heavy atom. The highest BCUT2D eigenvalue weighted by molar-refractivity contribution is 6.04. The molecule has 0 aliphatic heterocycles. The molecule has 0 radical (unpaired) electrons. The number of carbonyl (C=O) groups excluding carboxylic acids is 2. The van der Waals surface area contributed by atoms with Crippen molar-refractivity contribution in [1.29, 1.82) is 0 Å². The molecule has 1 aromatic heterocycles. The van der Waals surface area contributed by atoms with Crippen LogP contribution in [-0.2, 0) is 23.9 Å². The summed E-state index contributed by atoms with van der Waals surface area (Å²) in [7, 11) is 0. The Morgan fingerprint density at radius 3 is 2.70 bits per heavy atom. The minimum Gasteiger partial charge on any atom is -0.385 e. The SMILES string of the molecule is CC1CC2(C=C3C=CC=CC3)c3ccc(C(=O)C4CCc5cccnc5C4)cc3C(=O)CC2(C)CC1(O)c1ccccc1. The molecule has 1 fully saturated rings. The smallest absolute Gasteiger partial charge is 0.166 e. The molecular formula is C39H39NO3. The van der Waals surface area contributed by atoms with Crippen LogP contribution in [0.3, 0.4) is 0 Å². The number of nitrogens with zero attached hydrogens (tertiary/aromatic N) is 1. The van der Waals surface area contributed by atoms with Crippen LogP contribution in [0.5, 0.6) is 0 Å². The zero-order valence-corrected chi connectivity index (χ0v) is 25.1. The fraction of sp³-hybridized carbons (Fsp3) is 0.359. The zero-order chi connectivity index (χ0) is 29.8. The Morgan fingerprint density at radius 2 is 1.91 bits per heavy atom. The summed E-state index contributed by atoms with van der Waals surface area (Å²) in [5.41, 5.74) is 4.64. The number of ketones is 2. The summed E-state index contributed by atoms with van der Waals surface area (Å²) in [6, 6.07) is 19.9. The quantitative estimate of drug-likeness (QED) is 0.328. The Hall–Kier alpha value is -3.89. The monoisotopic (exact) mass is 569 g/mol. The molecule has 5 atom stereocenters. The lowest BCUT2D eigenvalue weighted by Crippen LogP contribution is -2.58. The standard InChI is InChI=1S/C39H39NO3/c1-26-22-38(23-27-10-5-3-6-11-27)33-18-17-29(36(42)30-16-15-28-12-9-19-40-34(28)21-30)20-32(33)35(41)24-37(38,2)25-39(26,43)31-13-7-4-8-14-31/h3-10,12-14,17-20,23,26,30,43H,11,15-16,21-22,24-25H2,1-2H3. The van der Waals surface area contributed by atoms with Crippen LogP contribution in [0.2, 0.25) is 0 Å². The minimum absolute atomic E-state index is 0.0555. The van der Waals surface area contributed by atoms with Gasteiger partial charge in [0.05, 0.1) is 5.60 Å². The number of rotatable bonds is 4. The van der Waals surface area contributed by atoms with Gasteiger partial charge in [0.15, 0.2) is 11.6 Å². The van der Waals surface area contributed by atoms with Gasteiger partial charge in [-0.3, -0.25) is 14.6 Å². The van der Waals surface area contributed by atoms with E-state index in [4.69, 9.17) is 0 Å². The van der Waals surface area contributed by atoms with E-state index in [-0.39, 0.29) is 23.4 Å². The van der Waals surface area contributed by atoms with Crippen molar-refractivity contribution in [3.8, 4) is 0 Å². The maximum atomic E-state index is 14.1. The molecule has 218 valence electrons. The number of Topliss-reactive ketones (excluding diaryl/α,β-unsaturated/α-hetero) is 2. The number of aliphatic hydroxyl groups is 1. The van der Waals surface area contributed by atoms with Gasteiger partial charge >= 0.3 is 0 Å². The van der Waals surface area contributed by atoms with Crippen molar-refractivity contribution in [3.05, 3.63) is 136 Å². The van der Waals surface area contributed by atoms with E-state index in [1.54, 1.807) is 6.20 Å². The molecule has 0 saturated heterocycles. The molecule has 4 aliphatic rings. The molecule has 4 heteroatoms. The normalized spacial score (nSPS) is 32.2. The third kappa shape index (κ3) is 4.50. The molecule has 2 aromatic carbocycles. The second-order valence-electron chi connectivity index (χ2n) is 13.6. The van der Waals surface area contributed by atoms with Gasteiger partial charge in [-0.25, -0.2) is 0 Å². The zero-order valence-electron chi connectivity index (χ0n) is 25.1. The number of pyridine rings is 1. The first-order valence-electron chi connectivity index (χ1n) is 15.7. The summed E-state index contributed by atoms with van der Waals surface area (Å²) in [5, 5.41) is 12.3. The molecule has 4 nitrogen and oxygen atoms in total. The molecule has 3 aromatic rings. The van der Waals surface area contributed by atoms with Crippen LogP contribution in [0.4, 0.5) is 0 Å². The Balaban J connectivity index is 1.31. The number of hydrogen-bond donors (Lipinski definition) is 1. The lowest BCUT2D eigenvalue weighted by Gasteiger charge is -2.60. The average Bonchev–Trinajstić information content (AvgIpc) is 3.03. The highest BCUT2D eigenvalue weighted by Crippen LogP contribution is 2.64.